The molecule has 0 saturated carbocycles. The van der Waals surface area contributed by atoms with Crippen molar-refractivity contribution < 1.29 is 14.3 Å². The van der Waals surface area contributed by atoms with Crippen molar-refractivity contribution in [2.75, 3.05) is 47.5 Å². The second-order valence-electron chi connectivity index (χ2n) is 12.4. The van der Waals surface area contributed by atoms with Gasteiger partial charge >= 0.3 is 0 Å². The molecule has 54 heavy (non-hydrogen) atoms. The van der Waals surface area contributed by atoms with Crippen LogP contribution in [-0.4, -0.2) is 75.6 Å². The number of hydrogen-bond acceptors (Lipinski definition) is 12. The number of ether oxygens (including phenoxy) is 1. The van der Waals surface area contributed by atoms with Gasteiger partial charge in [0.2, 0.25) is 11.1 Å². The molecule has 2 aromatic carbocycles. The topological polar surface area (TPSA) is 221 Å². The Hall–Kier alpha value is -5.09. The molecule has 6 aromatic rings. The molecule has 0 aliphatic carbocycles. The number of carbonyl (C=O) groups is 2. The molecule has 1 saturated heterocycles. The molecule has 15 nitrogen and oxygen atoms in total. The van der Waals surface area contributed by atoms with Crippen LogP contribution in [0.1, 0.15) is 52.6 Å². The Morgan fingerprint density at radius 1 is 0.759 bits per heavy atom. The highest BCUT2D eigenvalue weighted by Gasteiger charge is 2.20. The fourth-order valence-electron chi connectivity index (χ4n) is 5.25. The first-order valence-corrected chi connectivity index (χ1v) is 18.4. The van der Waals surface area contributed by atoms with Crippen LogP contribution in [-0.2, 0) is 14.3 Å². The third-order valence-corrected chi connectivity index (χ3v) is 8.40. The van der Waals surface area contributed by atoms with Crippen molar-refractivity contribution in [2.24, 2.45) is 0 Å². The molecular formula is C36H43Cl3N12O3. The molecule has 1 fully saturated rings. The van der Waals surface area contributed by atoms with Gasteiger partial charge in [0.25, 0.3) is 0 Å². The minimum absolute atomic E-state index is 0.0957. The summed E-state index contributed by atoms with van der Waals surface area (Å²) in [4.78, 5) is 37.7. The van der Waals surface area contributed by atoms with Crippen LogP contribution in [0, 0.1) is 0 Å². The van der Waals surface area contributed by atoms with E-state index in [9.17, 15) is 9.59 Å². The van der Waals surface area contributed by atoms with Crippen LogP contribution in [0.4, 0.5) is 23.0 Å². The Labute approximate surface area is 327 Å². The van der Waals surface area contributed by atoms with Crippen molar-refractivity contribution in [1.82, 2.24) is 39.5 Å². The predicted octanol–water partition coefficient (Wildman–Crippen LogP) is 6.86. The van der Waals surface area contributed by atoms with E-state index < -0.39 is 5.24 Å². The van der Waals surface area contributed by atoms with Gasteiger partial charge in [-0.15, -0.1) is 23.2 Å². The molecule has 0 bridgehead atoms. The predicted molar refractivity (Wildman–Crippen MR) is 217 cm³/mol. The lowest BCUT2D eigenvalue weighted by molar-refractivity contribution is -0.114. The number of carbonyl (C=O) groups excluding carboxylic acids is 2. The molecule has 1 aliphatic heterocycles. The molecule has 18 heteroatoms. The maximum Gasteiger partial charge on any atom is 0.239 e. The number of hydrogen-bond donors (Lipinski definition) is 4. The first-order chi connectivity index (χ1) is 25.9. The molecule has 7 rings (SSSR count). The third-order valence-electron chi connectivity index (χ3n) is 7.65. The molecule has 5 heterocycles. The zero-order valence-corrected chi connectivity index (χ0v) is 32.6. The van der Waals surface area contributed by atoms with Gasteiger partial charge in [-0.3, -0.25) is 9.59 Å². The summed E-state index contributed by atoms with van der Waals surface area (Å²) in [5, 5.41) is 13.0. The lowest BCUT2D eigenvalue weighted by Crippen LogP contribution is -2.12. The third kappa shape index (κ3) is 10.7. The summed E-state index contributed by atoms with van der Waals surface area (Å²) in [6, 6.07) is 15.2. The average molecular weight is 798 g/mol. The van der Waals surface area contributed by atoms with E-state index in [1.165, 1.54) is 25.5 Å². The zero-order valence-electron chi connectivity index (χ0n) is 30.3. The number of halogens is 3. The largest absolute Gasteiger partial charge is 0.399 e. The van der Waals surface area contributed by atoms with E-state index in [1.807, 2.05) is 79.5 Å². The molecule has 4 aromatic heterocycles. The van der Waals surface area contributed by atoms with Gasteiger partial charge in [0.15, 0.2) is 11.3 Å². The van der Waals surface area contributed by atoms with Crippen LogP contribution in [0.15, 0.2) is 61.2 Å². The summed E-state index contributed by atoms with van der Waals surface area (Å²) in [6.45, 7) is 10.1. The minimum atomic E-state index is -0.508. The van der Waals surface area contributed by atoms with Crippen molar-refractivity contribution >= 4 is 91.0 Å². The number of anilines is 4. The fourth-order valence-corrected chi connectivity index (χ4v) is 5.32. The molecule has 0 unspecified atom stereocenters. The lowest BCUT2D eigenvalue weighted by Gasteiger charge is -2.06. The highest BCUT2D eigenvalue weighted by molar-refractivity contribution is 6.67. The summed E-state index contributed by atoms with van der Waals surface area (Å²) in [6.07, 6.45) is 5.44. The van der Waals surface area contributed by atoms with E-state index >= 15 is 0 Å². The minimum Gasteiger partial charge on any atom is -0.399 e. The Morgan fingerprint density at radius 3 is 1.65 bits per heavy atom. The molecular weight excluding hydrogens is 755 g/mol. The summed E-state index contributed by atoms with van der Waals surface area (Å²) in [7, 11) is 0. The number of nitrogen functional groups attached to an aromatic ring is 3. The number of benzene rings is 2. The van der Waals surface area contributed by atoms with Crippen molar-refractivity contribution in [2.45, 2.75) is 52.6 Å². The van der Waals surface area contributed by atoms with Gasteiger partial charge in [-0.1, -0.05) is 24.3 Å². The van der Waals surface area contributed by atoms with Crippen LogP contribution < -0.4 is 22.5 Å². The number of aromatic nitrogens is 8. The Bertz CT molecular complexity index is 2180. The van der Waals surface area contributed by atoms with Crippen LogP contribution >= 0.6 is 34.8 Å². The monoisotopic (exact) mass is 796 g/mol. The van der Waals surface area contributed by atoms with E-state index in [0.717, 1.165) is 41.1 Å². The van der Waals surface area contributed by atoms with Gasteiger partial charge in [-0.2, -0.15) is 10.2 Å². The van der Waals surface area contributed by atoms with E-state index in [-0.39, 0.29) is 29.8 Å². The molecule has 1 aliphatic rings. The number of nitrogens with zero attached hydrogens (tertiary/aromatic N) is 8. The molecule has 1 amide bonds. The van der Waals surface area contributed by atoms with Crippen LogP contribution in [0.3, 0.4) is 0 Å². The van der Waals surface area contributed by atoms with Gasteiger partial charge in [0.05, 0.1) is 16.7 Å². The summed E-state index contributed by atoms with van der Waals surface area (Å²) >= 11 is 15.1. The normalized spacial score (nSPS) is 12.1. The first-order valence-electron chi connectivity index (χ1n) is 17.0. The van der Waals surface area contributed by atoms with E-state index in [2.05, 4.69) is 35.5 Å². The van der Waals surface area contributed by atoms with E-state index in [1.54, 1.807) is 6.07 Å². The van der Waals surface area contributed by atoms with Crippen LogP contribution in [0.25, 0.3) is 44.6 Å². The highest BCUT2D eigenvalue weighted by atomic mass is 35.5. The average Bonchev–Trinajstić information content (AvgIpc) is 3.94. The summed E-state index contributed by atoms with van der Waals surface area (Å²) in [5.41, 5.74) is 23.8. The smallest absolute Gasteiger partial charge is 0.239 e. The van der Waals surface area contributed by atoms with Gasteiger partial charge in [-0.05, 0) is 76.4 Å². The van der Waals surface area contributed by atoms with Crippen LogP contribution in [0.2, 0.25) is 0 Å². The summed E-state index contributed by atoms with van der Waals surface area (Å²) in [5.74, 6) is 0.336. The number of rotatable bonds is 7. The molecule has 7 N–H and O–H groups in total. The number of fused-ring (bicyclic) bond motifs is 2. The first kappa shape index (κ1) is 41.7. The second-order valence-corrected chi connectivity index (χ2v) is 13.3. The van der Waals surface area contributed by atoms with Crippen molar-refractivity contribution in [1.29, 1.82) is 0 Å². The number of alkyl halides is 2. The lowest BCUT2D eigenvalue weighted by atomic mass is 10.1. The van der Waals surface area contributed by atoms with Crippen molar-refractivity contribution in [3.05, 3.63) is 61.2 Å². The molecule has 0 radical (unpaired) electrons. The highest BCUT2D eigenvalue weighted by Crippen LogP contribution is 2.33. The standard InChI is InChI=1S/C16H17ClN6O.C14H16N6.C4H8O.C2H2Cl2O/c1-9(2)23-16-13(15(18)19-8-20-16)14(22-23)10-4-3-5-11(6-10)21-12(24)7-17;1-8(2)20-14-11(13(16)17-7-18-14)12(19-20)9-4-3-5-10(15)6-9;1-2-4-5-3-1;3-1-2(4)5/h3-6,8-9H,7H2,1-2H3,(H,21,24)(H2,18,19,20);3-8H,15H2,1-2H3,(H2,16,17,18);1-4H2;1H2. The van der Waals surface area contributed by atoms with E-state index in [0.29, 0.717) is 39.7 Å². The van der Waals surface area contributed by atoms with Gasteiger partial charge < -0.3 is 27.3 Å². The van der Waals surface area contributed by atoms with Gasteiger partial charge in [0.1, 0.15) is 41.6 Å². The van der Waals surface area contributed by atoms with Gasteiger partial charge in [-0.25, -0.2) is 29.3 Å². The fraction of sp³-hybridized carbons (Fsp3) is 0.333. The zero-order chi connectivity index (χ0) is 39.4. The molecule has 0 atom stereocenters. The summed E-state index contributed by atoms with van der Waals surface area (Å²) < 4.78 is 8.61. The second kappa shape index (κ2) is 19.8. The quantitative estimate of drug-likeness (QED) is 0.0739. The molecule has 0 spiro atoms. The number of nitrogens with one attached hydrogen (secondary N) is 1. The maximum absolute atomic E-state index is 11.5. The van der Waals surface area contributed by atoms with Crippen LogP contribution in [0.5, 0.6) is 0 Å². The van der Waals surface area contributed by atoms with Crippen molar-refractivity contribution in [3.63, 3.8) is 0 Å². The number of nitrogens with two attached hydrogens (primary N) is 3. The molecule has 286 valence electrons. The van der Waals surface area contributed by atoms with Crippen molar-refractivity contribution in [3.8, 4) is 22.5 Å². The number of amides is 1. The Balaban J connectivity index is 0.000000194. The Morgan fingerprint density at radius 2 is 1.24 bits per heavy atom. The van der Waals surface area contributed by atoms with Gasteiger partial charge in [0, 0.05) is 47.8 Å². The van der Waals surface area contributed by atoms with E-state index in [4.69, 9.17) is 56.7 Å². The maximum atomic E-state index is 11.5. The SMILES string of the molecule is C1CCOC1.CC(C)n1nc(-c2cccc(N)c2)c2c(N)ncnc21.CC(C)n1nc(-c2cccc(NC(=O)CCl)c2)c2c(N)ncnc21.O=C(Cl)CCl. The Kier molecular flexibility index (Phi) is 15.3.